The second-order valence-electron chi connectivity index (χ2n) is 4.89. The Kier molecular flexibility index (Phi) is 4.68. The number of amides is 1. The number of thioether (sulfide) groups is 1. The zero-order valence-corrected chi connectivity index (χ0v) is 13.3. The van der Waals surface area contributed by atoms with E-state index in [1.54, 1.807) is 6.20 Å². The molecule has 0 aliphatic carbocycles. The van der Waals surface area contributed by atoms with E-state index in [9.17, 15) is 4.79 Å². The van der Waals surface area contributed by atoms with E-state index in [-0.39, 0.29) is 11.7 Å². The maximum absolute atomic E-state index is 11.9. The van der Waals surface area contributed by atoms with Crippen molar-refractivity contribution in [3.8, 4) is 11.5 Å². The summed E-state index contributed by atoms with van der Waals surface area (Å²) >= 11 is 1.27. The van der Waals surface area contributed by atoms with Gasteiger partial charge in [-0.25, -0.2) is 0 Å². The molecule has 0 aliphatic heterocycles. The predicted octanol–water partition coefficient (Wildman–Crippen LogP) is 2.91. The lowest BCUT2D eigenvalue weighted by Crippen LogP contribution is -2.13. The van der Waals surface area contributed by atoms with Crippen LogP contribution in [0, 0.1) is 6.92 Å². The van der Waals surface area contributed by atoms with Crippen molar-refractivity contribution in [3.63, 3.8) is 0 Å². The molecular formula is C16H15N5OS. The number of benzene rings is 1. The van der Waals surface area contributed by atoms with E-state index < -0.39 is 0 Å². The number of pyridine rings is 1. The molecule has 2 aromatic heterocycles. The predicted molar refractivity (Wildman–Crippen MR) is 90.1 cm³/mol. The Morgan fingerprint density at radius 1 is 1.22 bits per heavy atom. The van der Waals surface area contributed by atoms with Crippen molar-refractivity contribution in [2.75, 3.05) is 11.1 Å². The monoisotopic (exact) mass is 325 g/mol. The molecule has 7 heteroatoms. The minimum atomic E-state index is -0.0963. The van der Waals surface area contributed by atoms with Crippen molar-refractivity contribution in [2.45, 2.75) is 12.1 Å². The van der Waals surface area contributed by atoms with Gasteiger partial charge >= 0.3 is 0 Å². The van der Waals surface area contributed by atoms with E-state index in [0.29, 0.717) is 11.0 Å². The molecule has 0 fully saturated rings. The Hall–Kier alpha value is -2.67. The van der Waals surface area contributed by atoms with Crippen LogP contribution in [0.2, 0.25) is 0 Å². The summed E-state index contributed by atoms with van der Waals surface area (Å²) in [5, 5.41) is 10.3. The Morgan fingerprint density at radius 2 is 2.04 bits per heavy atom. The second kappa shape index (κ2) is 7.06. The third kappa shape index (κ3) is 4.17. The van der Waals surface area contributed by atoms with Crippen molar-refractivity contribution in [1.29, 1.82) is 0 Å². The molecule has 6 nitrogen and oxygen atoms in total. The molecule has 2 N–H and O–H groups in total. The summed E-state index contributed by atoms with van der Waals surface area (Å²) in [6.07, 6.45) is 1.78. The van der Waals surface area contributed by atoms with Crippen LogP contribution in [-0.2, 0) is 4.79 Å². The van der Waals surface area contributed by atoms with Crippen molar-refractivity contribution >= 4 is 23.4 Å². The van der Waals surface area contributed by atoms with Gasteiger partial charge in [0.25, 0.3) is 0 Å². The Bertz CT molecular complexity index is 786. The highest BCUT2D eigenvalue weighted by Crippen LogP contribution is 2.18. The van der Waals surface area contributed by atoms with Gasteiger partial charge < -0.3 is 5.32 Å². The lowest BCUT2D eigenvalue weighted by atomic mass is 10.3. The molecule has 116 valence electrons. The first kappa shape index (κ1) is 15.2. The van der Waals surface area contributed by atoms with Crippen LogP contribution < -0.4 is 5.32 Å². The van der Waals surface area contributed by atoms with Gasteiger partial charge in [-0.2, -0.15) is 4.98 Å². The standard InChI is InChI=1S/C16H15N5OS/c1-11-7-8-13(17-9-11)15-19-16(21-20-15)23-10-14(22)18-12-5-3-2-4-6-12/h2-9H,10H2,1H3,(H,18,22)(H,19,20,21). The quantitative estimate of drug-likeness (QED) is 0.705. The fourth-order valence-corrected chi connectivity index (χ4v) is 2.48. The number of aromatic nitrogens is 4. The molecule has 1 amide bonds. The Labute approximate surface area is 137 Å². The number of hydrogen-bond donors (Lipinski definition) is 2. The summed E-state index contributed by atoms with van der Waals surface area (Å²) in [5.74, 6) is 0.741. The molecular weight excluding hydrogens is 310 g/mol. The summed E-state index contributed by atoms with van der Waals surface area (Å²) in [6.45, 7) is 1.98. The molecule has 0 spiro atoms. The van der Waals surface area contributed by atoms with Crippen LogP contribution in [0.3, 0.4) is 0 Å². The molecule has 0 saturated heterocycles. The van der Waals surface area contributed by atoms with Crippen molar-refractivity contribution in [3.05, 3.63) is 54.2 Å². The van der Waals surface area contributed by atoms with Crippen LogP contribution in [0.5, 0.6) is 0 Å². The van der Waals surface area contributed by atoms with Gasteiger partial charge in [0.2, 0.25) is 11.1 Å². The average Bonchev–Trinajstić information content (AvgIpc) is 3.04. The first-order chi connectivity index (χ1) is 11.2. The Balaban J connectivity index is 1.57. The highest BCUT2D eigenvalue weighted by molar-refractivity contribution is 7.99. The van der Waals surface area contributed by atoms with E-state index in [0.717, 1.165) is 16.9 Å². The molecule has 0 unspecified atom stereocenters. The molecule has 1 aromatic carbocycles. The molecule has 0 atom stereocenters. The highest BCUT2D eigenvalue weighted by atomic mass is 32.2. The summed E-state index contributed by atoms with van der Waals surface area (Å²) in [5.41, 5.74) is 2.58. The van der Waals surface area contributed by atoms with E-state index in [4.69, 9.17) is 0 Å². The van der Waals surface area contributed by atoms with Crippen LogP contribution >= 0.6 is 11.8 Å². The maximum atomic E-state index is 11.9. The van der Waals surface area contributed by atoms with Gasteiger partial charge in [0, 0.05) is 11.9 Å². The molecule has 2 heterocycles. The van der Waals surface area contributed by atoms with Crippen molar-refractivity contribution in [2.24, 2.45) is 0 Å². The molecule has 0 radical (unpaired) electrons. The number of carbonyl (C=O) groups excluding carboxylic acids is 1. The third-order valence-electron chi connectivity index (χ3n) is 3.01. The van der Waals surface area contributed by atoms with Crippen LogP contribution in [0.1, 0.15) is 5.56 Å². The minimum absolute atomic E-state index is 0.0963. The highest BCUT2D eigenvalue weighted by Gasteiger charge is 2.09. The molecule has 0 saturated carbocycles. The largest absolute Gasteiger partial charge is 0.325 e. The molecule has 0 bridgehead atoms. The summed E-state index contributed by atoms with van der Waals surface area (Å²) < 4.78 is 0. The topological polar surface area (TPSA) is 83.6 Å². The number of rotatable bonds is 5. The van der Waals surface area contributed by atoms with Gasteiger partial charge in [-0.3, -0.25) is 14.9 Å². The van der Waals surface area contributed by atoms with Gasteiger partial charge in [0.15, 0.2) is 5.82 Å². The first-order valence-corrected chi connectivity index (χ1v) is 8.02. The molecule has 3 rings (SSSR count). The van der Waals surface area contributed by atoms with E-state index in [2.05, 4.69) is 25.5 Å². The molecule has 3 aromatic rings. The fourth-order valence-electron chi connectivity index (χ4n) is 1.88. The summed E-state index contributed by atoms with van der Waals surface area (Å²) in [6, 6.07) is 13.2. The van der Waals surface area contributed by atoms with Gasteiger partial charge in [0.05, 0.1) is 5.75 Å². The smallest absolute Gasteiger partial charge is 0.234 e. The molecule has 23 heavy (non-hydrogen) atoms. The van der Waals surface area contributed by atoms with Crippen LogP contribution in [0.25, 0.3) is 11.5 Å². The summed E-state index contributed by atoms with van der Waals surface area (Å²) in [4.78, 5) is 20.5. The van der Waals surface area contributed by atoms with Crippen LogP contribution in [0.4, 0.5) is 5.69 Å². The fraction of sp³-hybridized carbons (Fsp3) is 0.125. The number of carbonyl (C=O) groups is 1. The maximum Gasteiger partial charge on any atom is 0.234 e. The van der Waals surface area contributed by atoms with Gasteiger partial charge in [-0.1, -0.05) is 36.0 Å². The minimum Gasteiger partial charge on any atom is -0.325 e. The van der Waals surface area contributed by atoms with Crippen molar-refractivity contribution in [1.82, 2.24) is 20.2 Å². The lowest BCUT2D eigenvalue weighted by molar-refractivity contribution is -0.113. The number of aryl methyl sites for hydroxylation is 1. The zero-order chi connectivity index (χ0) is 16.1. The number of para-hydroxylation sites is 1. The number of nitrogens with zero attached hydrogens (tertiary/aromatic N) is 3. The second-order valence-corrected chi connectivity index (χ2v) is 5.83. The van der Waals surface area contributed by atoms with E-state index in [1.165, 1.54) is 11.8 Å². The number of aromatic amines is 1. The van der Waals surface area contributed by atoms with Gasteiger partial charge in [-0.05, 0) is 30.7 Å². The van der Waals surface area contributed by atoms with E-state index in [1.807, 2.05) is 49.4 Å². The lowest BCUT2D eigenvalue weighted by Gasteiger charge is -2.02. The number of hydrogen-bond acceptors (Lipinski definition) is 5. The van der Waals surface area contributed by atoms with Gasteiger partial charge in [-0.15, -0.1) is 5.10 Å². The molecule has 0 aliphatic rings. The number of H-pyrrole nitrogens is 1. The number of nitrogens with one attached hydrogen (secondary N) is 2. The van der Waals surface area contributed by atoms with Gasteiger partial charge in [0.1, 0.15) is 5.69 Å². The van der Waals surface area contributed by atoms with Crippen LogP contribution in [-0.4, -0.2) is 31.8 Å². The third-order valence-corrected chi connectivity index (χ3v) is 3.86. The van der Waals surface area contributed by atoms with E-state index >= 15 is 0 Å². The Morgan fingerprint density at radius 3 is 2.78 bits per heavy atom. The van der Waals surface area contributed by atoms with Crippen LogP contribution in [0.15, 0.2) is 53.8 Å². The average molecular weight is 325 g/mol. The SMILES string of the molecule is Cc1ccc(-c2nc(SCC(=O)Nc3ccccc3)n[nH]2)nc1. The number of anilines is 1. The normalized spacial score (nSPS) is 10.5. The first-order valence-electron chi connectivity index (χ1n) is 7.04. The van der Waals surface area contributed by atoms with Crippen molar-refractivity contribution < 1.29 is 4.79 Å². The zero-order valence-electron chi connectivity index (χ0n) is 12.5. The summed E-state index contributed by atoms with van der Waals surface area (Å²) in [7, 11) is 0.